The minimum Gasteiger partial charge on any atom is -0.479 e. The Kier molecular flexibility index (Phi) is 10.9. The molecule has 1 atom stereocenters. The molecule has 10 heteroatoms. The standard InChI is InChI=1S/C11H22N4O4.ClH.H2O/c1-10(2,3)19-8(18)11(14,7(16)17)5-4-6-15-9(12)13;;/h4-6,14H2,1-3H3,(H,16,17)(H4,12,13,15);1H;1H2/t11-;;/m0../s1. The number of nitrogens with two attached hydrogens (primary N) is 2. The van der Waals surface area contributed by atoms with Gasteiger partial charge in [0.15, 0.2) is 5.96 Å². The Hall–Kier alpha value is -1.58. The average Bonchev–Trinajstić information content (AvgIpc) is 2.20. The minimum atomic E-state index is -2.09. The molecule has 9 N–H and O–H groups in total. The normalized spacial score (nSPS) is 13.0. The van der Waals surface area contributed by atoms with Crippen molar-refractivity contribution in [3.8, 4) is 0 Å². The van der Waals surface area contributed by atoms with E-state index in [2.05, 4.69) is 5.32 Å². The second-order valence-corrected chi connectivity index (χ2v) is 5.22. The van der Waals surface area contributed by atoms with Crippen LogP contribution in [0.5, 0.6) is 0 Å². The van der Waals surface area contributed by atoms with Crippen molar-refractivity contribution in [2.24, 2.45) is 11.5 Å². The maximum absolute atomic E-state index is 11.8. The lowest BCUT2D eigenvalue weighted by Gasteiger charge is -2.28. The fourth-order valence-electron chi connectivity index (χ4n) is 1.26. The van der Waals surface area contributed by atoms with Gasteiger partial charge in [-0.25, -0.2) is 9.59 Å². The fourth-order valence-corrected chi connectivity index (χ4v) is 1.26. The van der Waals surface area contributed by atoms with Crippen molar-refractivity contribution in [1.82, 2.24) is 5.32 Å². The molecule has 0 saturated heterocycles. The maximum Gasteiger partial charge on any atom is 0.338 e. The first-order valence-electron chi connectivity index (χ1n) is 5.82. The zero-order valence-electron chi connectivity index (χ0n) is 12.4. The van der Waals surface area contributed by atoms with E-state index >= 15 is 0 Å². The number of carbonyl (C=O) groups is 2. The van der Waals surface area contributed by atoms with Crippen LogP contribution in [-0.2, 0) is 14.3 Å². The van der Waals surface area contributed by atoms with Crippen molar-refractivity contribution >= 4 is 30.3 Å². The summed E-state index contributed by atoms with van der Waals surface area (Å²) in [4.78, 5) is 23.0. The molecular weight excluding hydrogens is 304 g/mol. The zero-order chi connectivity index (χ0) is 15.3. The molecule has 0 spiro atoms. The second-order valence-electron chi connectivity index (χ2n) is 5.22. The van der Waals surface area contributed by atoms with Crippen LogP contribution < -0.4 is 16.8 Å². The number of rotatable bonds is 6. The molecule has 0 aromatic rings. The van der Waals surface area contributed by atoms with E-state index in [9.17, 15) is 9.59 Å². The van der Waals surface area contributed by atoms with Crippen molar-refractivity contribution in [3.05, 3.63) is 0 Å². The van der Waals surface area contributed by atoms with Crippen molar-refractivity contribution in [2.75, 3.05) is 6.54 Å². The highest BCUT2D eigenvalue weighted by molar-refractivity contribution is 6.03. The predicted molar refractivity (Wildman–Crippen MR) is 80.4 cm³/mol. The summed E-state index contributed by atoms with van der Waals surface area (Å²) in [5.41, 5.74) is 7.80. The predicted octanol–water partition coefficient (Wildman–Crippen LogP) is -1.03. The summed E-state index contributed by atoms with van der Waals surface area (Å²) in [6.07, 6.45) is 0.152. The Balaban J connectivity index is -0.00000162. The molecule has 126 valence electrons. The number of halogens is 1. The van der Waals surface area contributed by atoms with Gasteiger partial charge in [0, 0.05) is 6.54 Å². The molecular formula is C11H25ClN4O5. The average molecular weight is 329 g/mol. The monoisotopic (exact) mass is 328 g/mol. The summed E-state index contributed by atoms with van der Waals surface area (Å²) in [7, 11) is 0. The van der Waals surface area contributed by atoms with E-state index in [1.165, 1.54) is 0 Å². The van der Waals surface area contributed by atoms with Gasteiger partial charge >= 0.3 is 11.9 Å². The highest BCUT2D eigenvalue weighted by Gasteiger charge is 2.44. The molecule has 0 fully saturated rings. The van der Waals surface area contributed by atoms with Crippen molar-refractivity contribution in [3.63, 3.8) is 0 Å². The molecule has 0 rings (SSSR count). The first-order valence-corrected chi connectivity index (χ1v) is 5.82. The summed E-state index contributed by atoms with van der Waals surface area (Å²) < 4.78 is 5.01. The van der Waals surface area contributed by atoms with Crippen LogP contribution >= 0.6 is 12.4 Å². The fraction of sp³-hybridized carbons (Fsp3) is 0.727. The summed E-state index contributed by atoms with van der Waals surface area (Å²) in [6, 6.07) is 0. The summed E-state index contributed by atoms with van der Waals surface area (Å²) >= 11 is 0. The van der Waals surface area contributed by atoms with Gasteiger partial charge in [-0.3, -0.25) is 5.41 Å². The number of nitrogens with one attached hydrogen (secondary N) is 2. The maximum atomic E-state index is 11.8. The van der Waals surface area contributed by atoms with E-state index in [4.69, 9.17) is 26.7 Å². The molecule has 0 saturated carbocycles. The van der Waals surface area contributed by atoms with Crippen LogP contribution in [0.15, 0.2) is 0 Å². The van der Waals surface area contributed by atoms with Crippen LogP contribution in [0, 0.1) is 5.41 Å². The number of carboxylic acids is 1. The first kappa shape index (κ1) is 24.4. The number of esters is 1. The third-order valence-corrected chi connectivity index (χ3v) is 2.21. The number of hydrogen-bond acceptors (Lipinski definition) is 5. The molecule has 0 unspecified atom stereocenters. The molecule has 0 radical (unpaired) electrons. The van der Waals surface area contributed by atoms with Gasteiger partial charge in [0.05, 0.1) is 0 Å². The van der Waals surface area contributed by atoms with Crippen LogP contribution in [-0.4, -0.2) is 46.2 Å². The van der Waals surface area contributed by atoms with Crippen molar-refractivity contribution < 1.29 is 24.9 Å². The lowest BCUT2D eigenvalue weighted by molar-refractivity contribution is -0.169. The van der Waals surface area contributed by atoms with Gasteiger partial charge in [0.25, 0.3) is 0 Å². The summed E-state index contributed by atoms with van der Waals surface area (Å²) in [6.45, 7) is 5.14. The molecule has 0 amide bonds. The molecule has 21 heavy (non-hydrogen) atoms. The third kappa shape index (κ3) is 9.05. The van der Waals surface area contributed by atoms with E-state index in [0.717, 1.165) is 0 Å². The Labute approximate surface area is 129 Å². The van der Waals surface area contributed by atoms with Gasteiger partial charge in [-0.1, -0.05) is 0 Å². The molecule has 0 aromatic heterocycles. The Morgan fingerprint density at radius 3 is 2.14 bits per heavy atom. The van der Waals surface area contributed by atoms with Gasteiger partial charge in [0.1, 0.15) is 5.60 Å². The molecule has 0 aliphatic carbocycles. The van der Waals surface area contributed by atoms with Gasteiger partial charge in [0.2, 0.25) is 5.54 Å². The highest BCUT2D eigenvalue weighted by Crippen LogP contribution is 2.17. The lowest BCUT2D eigenvalue weighted by atomic mass is 9.94. The number of ether oxygens (including phenoxy) is 1. The van der Waals surface area contributed by atoms with Gasteiger partial charge in [-0.2, -0.15) is 0 Å². The highest BCUT2D eigenvalue weighted by atomic mass is 35.5. The second kappa shape index (κ2) is 9.37. The van der Waals surface area contributed by atoms with Crippen LogP contribution in [0.3, 0.4) is 0 Å². The number of carboxylic acid groups (broad SMARTS) is 1. The largest absolute Gasteiger partial charge is 0.479 e. The van der Waals surface area contributed by atoms with Crippen LogP contribution in [0.4, 0.5) is 0 Å². The zero-order valence-corrected chi connectivity index (χ0v) is 13.2. The Bertz CT molecular complexity index is 372. The van der Waals surface area contributed by atoms with Crippen molar-refractivity contribution in [1.29, 1.82) is 5.41 Å². The summed E-state index contributed by atoms with van der Waals surface area (Å²) in [5.74, 6) is -2.64. The summed E-state index contributed by atoms with van der Waals surface area (Å²) in [5, 5.41) is 18.5. The van der Waals surface area contributed by atoms with Crippen LogP contribution in [0.25, 0.3) is 0 Å². The van der Waals surface area contributed by atoms with E-state index < -0.39 is 23.1 Å². The first-order chi connectivity index (χ1) is 8.49. The van der Waals surface area contributed by atoms with Gasteiger partial charge in [-0.05, 0) is 33.6 Å². The van der Waals surface area contributed by atoms with Gasteiger partial charge < -0.3 is 32.1 Å². The van der Waals surface area contributed by atoms with E-state index in [-0.39, 0.29) is 43.2 Å². The van der Waals surface area contributed by atoms with Gasteiger partial charge in [-0.15, -0.1) is 12.4 Å². The molecule has 0 heterocycles. The van der Waals surface area contributed by atoms with Crippen molar-refractivity contribution in [2.45, 2.75) is 44.8 Å². The van der Waals surface area contributed by atoms with Crippen LogP contribution in [0.1, 0.15) is 33.6 Å². The smallest absolute Gasteiger partial charge is 0.338 e. The van der Waals surface area contributed by atoms with E-state index in [1.54, 1.807) is 20.8 Å². The SMILES string of the molecule is CC(C)(C)OC(=O)[C@](N)(CCCNC(=N)N)C(=O)O.Cl.O. The quantitative estimate of drug-likeness (QED) is 0.136. The molecule has 0 aliphatic heterocycles. The third-order valence-electron chi connectivity index (χ3n) is 2.21. The molecule has 0 aromatic carbocycles. The Morgan fingerprint density at radius 1 is 1.33 bits per heavy atom. The van der Waals surface area contributed by atoms with E-state index in [0.29, 0.717) is 0 Å². The Morgan fingerprint density at radius 2 is 1.81 bits per heavy atom. The lowest BCUT2D eigenvalue weighted by Crippen LogP contribution is -2.57. The molecule has 0 bridgehead atoms. The minimum absolute atomic E-state index is 0. The topological polar surface area (TPSA) is 183 Å². The number of carbonyl (C=O) groups excluding carboxylic acids is 1. The molecule has 9 nitrogen and oxygen atoms in total. The number of hydrogen-bond donors (Lipinski definition) is 5. The number of guanidine groups is 1. The number of aliphatic carboxylic acids is 1. The van der Waals surface area contributed by atoms with Crippen LogP contribution in [0.2, 0.25) is 0 Å². The van der Waals surface area contributed by atoms with E-state index in [1.807, 2.05) is 0 Å². The molecule has 0 aliphatic rings.